The first-order valence-corrected chi connectivity index (χ1v) is 12.5. The highest BCUT2D eigenvalue weighted by Crippen LogP contribution is 2.27. The lowest BCUT2D eigenvalue weighted by atomic mass is 9.94. The number of benzene rings is 1. The van der Waals surface area contributed by atoms with Crippen molar-refractivity contribution in [3.63, 3.8) is 0 Å². The molecule has 0 radical (unpaired) electrons. The molecule has 1 amide bonds. The fourth-order valence-electron chi connectivity index (χ4n) is 4.54. The molecule has 2 heterocycles. The van der Waals surface area contributed by atoms with Crippen molar-refractivity contribution >= 4 is 21.6 Å². The SMILES string of the molecule is Cc1[nH]c(=O)c(C#N)c(C)c1CCC(=O)Nc1ccc(S(=O)(=O)N2CC(C)CC(C)C2)cc1. The molecule has 176 valence electrons. The van der Waals surface area contributed by atoms with Crippen LogP contribution >= 0.6 is 0 Å². The molecule has 1 aliphatic heterocycles. The minimum atomic E-state index is -3.57. The Bertz CT molecular complexity index is 1230. The standard InChI is InChI=1S/C24H30N4O4S/c1-15-11-16(2)14-28(13-15)33(31,32)20-7-5-19(6-8-20)27-23(29)10-9-21-17(3)22(12-25)24(30)26-18(21)4/h5-8,15-16H,9-11,13-14H2,1-4H3,(H,26,30)(H,27,29). The molecular formula is C24H30N4O4S. The van der Waals surface area contributed by atoms with Gasteiger partial charge < -0.3 is 10.3 Å². The minimum absolute atomic E-state index is 0.0605. The van der Waals surface area contributed by atoms with Gasteiger partial charge >= 0.3 is 0 Å². The van der Waals surface area contributed by atoms with E-state index in [1.54, 1.807) is 30.3 Å². The number of aromatic amines is 1. The fraction of sp³-hybridized carbons (Fsp3) is 0.458. The topological polar surface area (TPSA) is 123 Å². The molecule has 0 saturated carbocycles. The van der Waals surface area contributed by atoms with Gasteiger partial charge in [-0.2, -0.15) is 9.57 Å². The third-order valence-corrected chi connectivity index (χ3v) is 7.98. The summed E-state index contributed by atoms with van der Waals surface area (Å²) in [6, 6.07) is 8.12. The van der Waals surface area contributed by atoms with Gasteiger partial charge in [0.15, 0.2) is 0 Å². The summed E-state index contributed by atoms with van der Waals surface area (Å²) in [4.78, 5) is 27.2. The van der Waals surface area contributed by atoms with E-state index in [0.29, 0.717) is 48.3 Å². The van der Waals surface area contributed by atoms with Crippen LogP contribution in [0.4, 0.5) is 5.69 Å². The Morgan fingerprint density at radius 2 is 1.79 bits per heavy atom. The Morgan fingerprint density at radius 3 is 2.36 bits per heavy atom. The first-order chi connectivity index (χ1) is 15.5. The summed E-state index contributed by atoms with van der Waals surface area (Å²) in [5.41, 5.74) is 2.14. The first-order valence-electron chi connectivity index (χ1n) is 11.1. The van der Waals surface area contributed by atoms with Crippen molar-refractivity contribution in [2.45, 2.75) is 51.9 Å². The summed E-state index contributed by atoms with van der Waals surface area (Å²) in [5, 5.41) is 12.0. The third-order valence-electron chi connectivity index (χ3n) is 6.13. The van der Waals surface area contributed by atoms with Crippen LogP contribution in [-0.2, 0) is 21.2 Å². The van der Waals surface area contributed by atoms with Crippen molar-refractivity contribution < 1.29 is 13.2 Å². The van der Waals surface area contributed by atoms with Crippen LogP contribution in [-0.4, -0.2) is 36.7 Å². The molecule has 2 N–H and O–H groups in total. The second-order valence-electron chi connectivity index (χ2n) is 9.01. The van der Waals surface area contributed by atoms with Gasteiger partial charge in [-0.05, 0) is 73.9 Å². The number of aryl methyl sites for hydroxylation is 1. The molecule has 2 unspecified atom stereocenters. The summed E-state index contributed by atoms with van der Waals surface area (Å²) in [6.07, 6.45) is 1.54. The van der Waals surface area contributed by atoms with Gasteiger partial charge in [0.25, 0.3) is 5.56 Å². The van der Waals surface area contributed by atoms with Crippen molar-refractivity contribution in [3.05, 3.63) is 57.0 Å². The molecule has 1 aliphatic rings. The molecule has 1 fully saturated rings. The number of aromatic nitrogens is 1. The van der Waals surface area contributed by atoms with Crippen LogP contribution in [0.25, 0.3) is 0 Å². The zero-order chi connectivity index (χ0) is 24.3. The van der Waals surface area contributed by atoms with Crippen molar-refractivity contribution in [2.24, 2.45) is 11.8 Å². The zero-order valence-electron chi connectivity index (χ0n) is 19.4. The second kappa shape index (κ2) is 9.89. The number of nitriles is 1. The van der Waals surface area contributed by atoms with Gasteiger partial charge in [0.2, 0.25) is 15.9 Å². The number of nitrogens with zero attached hydrogens (tertiary/aromatic N) is 2. The number of piperidine rings is 1. The maximum atomic E-state index is 13.0. The molecule has 1 aromatic heterocycles. The highest BCUT2D eigenvalue weighted by atomic mass is 32.2. The van der Waals surface area contributed by atoms with Gasteiger partial charge in [-0.3, -0.25) is 9.59 Å². The molecule has 1 saturated heterocycles. The lowest BCUT2D eigenvalue weighted by Gasteiger charge is -2.34. The van der Waals surface area contributed by atoms with E-state index in [1.807, 2.05) is 6.07 Å². The van der Waals surface area contributed by atoms with E-state index in [9.17, 15) is 23.3 Å². The molecule has 33 heavy (non-hydrogen) atoms. The molecule has 0 aliphatic carbocycles. The van der Waals surface area contributed by atoms with Gasteiger partial charge in [0.1, 0.15) is 11.6 Å². The number of carbonyl (C=O) groups excluding carboxylic acids is 1. The Morgan fingerprint density at radius 1 is 1.18 bits per heavy atom. The highest BCUT2D eigenvalue weighted by molar-refractivity contribution is 7.89. The van der Waals surface area contributed by atoms with E-state index in [1.165, 1.54) is 12.1 Å². The van der Waals surface area contributed by atoms with Crippen molar-refractivity contribution in [1.29, 1.82) is 5.26 Å². The number of carbonyl (C=O) groups is 1. The normalized spacial score (nSPS) is 19.1. The van der Waals surface area contributed by atoms with Crippen LogP contribution in [0.2, 0.25) is 0 Å². The monoisotopic (exact) mass is 470 g/mol. The quantitative estimate of drug-likeness (QED) is 0.671. The van der Waals surface area contributed by atoms with E-state index in [0.717, 1.165) is 12.0 Å². The Hall–Kier alpha value is -2.96. The third kappa shape index (κ3) is 5.52. The van der Waals surface area contributed by atoms with Crippen LogP contribution in [0, 0.1) is 37.0 Å². The van der Waals surface area contributed by atoms with Crippen molar-refractivity contribution in [2.75, 3.05) is 18.4 Å². The summed E-state index contributed by atoms with van der Waals surface area (Å²) >= 11 is 0. The summed E-state index contributed by atoms with van der Waals surface area (Å²) in [5.74, 6) is 0.398. The maximum Gasteiger partial charge on any atom is 0.266 e. The van der Waals surface area contributed by atoms with E-state index in [-0.39, 0.29) is 22.8 Å². The van der Waals surface area contributed by atoms with Crippen LogP contribution in [0.1, 0.15) is 49.1 Å². The molecule has 3 rings (SSSR count). The predicted molar refractivity (Wildman–Crippen MR) is 126 cm³/mol. The van der Waals surface area contributed by atoms with Gasteiger partial charge in [0, 0.05) is 30.9 Å². The average Bonchev–Trinajstić information content (AvgIpc) is 2.73. The Balaban J connectivity index is 1.65. The van der Waals surface area contributed by atoms with Gasteiger partial charge in [-0.25, -0.2) is 8.42 Å². The molecule has 8 nitrogen and oxygen atoms in total. The smallest absolute Gasteiger partial charge is 0.266 e. The number of sulfonamides is 1. The number of nitrogens with one attached hydrogen (secondary N) is 2. The van der Waals surface area contributed by atoms with E-state index >= 15 is 0 Å². The molecular weight excluding hydrogens is 440 g/mol. The minimum Gasteiger partial charge on any atom is -0.326 e. The van der Waals surface area contributed by atoms with Gasteiger partial charge in [-0.15, -0.1) is 0 Å². The number of rotatable bonds is 6. The number of hydrogen-bond acceptors (Lipinski definition) is 5. The number of hydrogen-bond donors (Lipinski definition) is 2. The molecule has 9 heteroatoms. The van der Waals surface area contributed by atoms with Gasteiger partial charge in [-0.1, -0.05) is 13.8 Å². The summed E-state index contributed by atoms with van der Waals surface area (Å²) in [6.45, 7) is 8.61. The average molecular weight is 471 g/mol. The number of anilines is 1. The van der Waals surface area contributed by atoms with E-state index < -0.39 is 15.6 Å². The van der Waals surface area contributed by atoms with Crippen molar-refractivity contribution in [3.8, 4) is 6.07 Å². The summed E-state index contributed by atoms with van der Waals surface area (Å²) in [7, 11) is -3.57. The lowest BCUT2D eigenvalue weighted by molar-refractivity contribution is -0.116. The highest BCUT2D eigenvalue weighted by Gasteiger charge is 2.31. The van der Waals surface area contributed by atoms with Crippen molar-refractivity contribution in [1.82, 2.24) is 9.29 Å². The fourth-order valence-corrected chi connectivity index (χ4v) is 6.22. The Labute approximate surface area is 194 Å². The maximum absolute atomic E-state index is 13.0. The largest absolute Gasteiger partial charge is 0.326 e. The van der Waals surface area contributed by atoms with Crippen LogP contribution < -0.4 is 10.9 Å². The molecule has 2 atom stereocenters. The van der Waals surface area contributed by atoms with E-state index in [4.69, 9.17) is 0 Å². The van der Waals surface area contributed by atoms with Crippen LogP contribution in [0.5, 0.6) is 0 Å². The molecule has 1 aromatic carbocycles. The number of amides is 1. The number of H-pyrrole nitrogens is 1. The predicted octanol–water partition coefficient (Wildman–Crippen LogP) is 3.10. The van der Waals surface area contributed by atoms with Crippen LogP contribution in [0.15, 0.2) is 34.0 Å². The molecule has 2 aromatic rings. The van der Waals surface area contributed by atoms with Crippen LogP contribution in [0.3, 0.4) is 0 Å². The second-order valence-corrected chi connectivity index (χ2v) is 10.9. The zero-order valence-corrected chi connectivity index (χ0v) is 20.3. The first kappa shape index (κ1) is 24.7. The number of pyridine rings is 1. The summed E-state index contributed by atoms with van der Waals surface area (Å²) < 4.78 is 27.5. The van der Waals surface area contributed by atoms with Gasteiger partial charge in [0.05, 0.1) is 4.90 Å². The molecule has 0 bridgehead atoms. The molecule has 0 spiro atoms. The Kier molecular flexibility index (Phi) is 7.40. The lowest BCUT2D eigenvalue weighted by Crippen LogP contribution is -2.42. The van der Waals surface area contributed by atoms with E-state index in [2.05, 4.69) is 24.1 Å².